The highest BCUT2D eigenvalue weighted by Crippen LogP contribution is 2.10. The normalized spacial score (nSPS) is 11.7. The summed E-state index contributed by atoms with van der Waals surface area (Å²) in [6.07, 6.45) is 6.76. The van der Waals surface area contributed by atoms with Crippen LogP contribution in [0, 0.1) is 0 Å². The highest BCUT2D eigenvalue weighted by atomic mass is 16.4. The van der Waals surface area contributed by atoms with Crippen molar-refractivity contribution >= 4 is 11.9 Å². The smallest absolute Gasteiger partial charge is 0.326 e. The van der Waals surface area contributed by atoms with Crippen molar-refractivity contribution in [3.05, 3.63) is 78.4 Å². The summed E-state index contributed by atoms with van der Waals surface area (Å²) in [5.74, 6) is -1.54. The minimum Gasteiger partial charge on any atom is -0.480 e. The van der Waals surface area contributed by atoms with Crippen molar-refractivity contribution in [1.29, 1.82) is 0 Å². The predicted octanol–water partition coefficient (Wildman–Crippen LogP) is 1.69. The van der Waals surface area contributed by atoms with Crippen LogP contribution in [-0.4, -0.2) is 37.8 Å². The first-order valence-corrected chi connectivity index (χ1v) is 7.66. The van der Waals surface area contributed by atoms with Gasteiger partial charge in [0.1, 0.15) is 6.04 Å². The first-order chi connectivity index (χ1) is 12.1. The molecular formula is C18H16N4O3. The van der Waals surface area contributed by atoms with E-state index < -0.39 is 17.9 Å². The Hall–Kier alpha value is -3.48. The number of nitrogens with zero attached hydrogens (tertiary/aromatic N) is 3. The summed E-state index contributed by atoms with van der Waals surface area (Å²) in [6, 6.07) is 11.0. The maximum atomic E-state index is 12.5. The largest absolute Gasteiger partial charge is 0.480 e. The molecule has 0 spiro atoms. The van der Waals surface area contributed by atoms with Crippen LogP contribution in [0.25, 0.3) is 5.69 Å². The number of hydrogen-bond donors (Lipinski definition) is 2. The maximum absolute atomic E-state index is 12.5. The van der Waals surface area contributed by atoms with Crippen LogP contribution in [0.15, 0.2) is 67.3 Å². The van der Waals surface area contributed by atoms with E-state index in [9.17, 15) is 14.7 Å². The zero-order valence-corrected chi connectivity index (χ0v) is 13.2. The van der Waals surface area contributed by atoms with Crippen LogP contribution >= 0.6 is 0 Å². The van der Waals surface area contributed by atoms with E-state index >= 15 is 0 Å². The molecule has 2 N–H and O–H groups in total. The number of rotatable bonds is 6. The second-order valence-corrected chi connectivity index (χ2v) is 5.42. The Labute approximate surface area is 143 Å². The van der Waals surface area contributed by atoms with Crippen molar-refractivity contribution < 1.29 is 14.7 Å². The lowest BCUT2D eigenvalue weighted by molar-refractivity contribution is -0.139. The predicted molar refractivity (Wildman–Crippen MR) is 90.4 cm³/mol. The first kappa shape index (κ1) is 16.4. The van der Waals surface area contributed by atoms with Crippen LogP contribution in [0.4, 0.5) is 0 Å². The number of amides is 1. The molecule has 0 saturated heterocycles. The van der Waals surface area contributed by atoms with Gasteiger partial charge in [0.05, 0.1) is 5.69 Å². The van der Waals surface area contributed by atoms with Crippen LogP contribution in [0.3, 0.4) is 0 Å². The molecule has 1 amide bonds. The number of carboxylic acid groups (broad SMARTS) is 1. The second kappa shape index (κ2) is 7.39. The number of hydrogen-bond acceptors (Lipinski definition) is 4. The molecule has 126 valence electrons. The molecule has 2 heterocycles. The van der Waals surface area contributed by atoms with Gasteiger partial charge >= 0.3 is 5.97 Å². The number of pyridine rings is 1. The number of aliphatic carboxylic acids is 1. The zero-order chi connectivity index (χ0) is 17.6. The molecular weight excluding hydrogens is 320 g/mol. The summed E-state index contributed by atoms with van der Waals surface area (Å²) in [5.41, 5.74) is 1.88. The van der Waals surface area contributed by atoms with Crippen LogP contribution in [-0.2, 0) is 11.2 Å². The molecule has 0 radical (unpaired) electrons. The van der Waals surface area contributed by atoms with Crippen molar-refractivity contribution in [2.75, 3.05) is 0 Å². The van der Waals surface area contributed by atoms with Gasteiger partial charge < -0.3 is 10.4 Å². The fourth-order valence-electron chi connectivity index (χ4n) is 2.41. The van der Waals surface area contributed by atoms with Crippen molar-refractivity contribution in [3.63, 3.8) is 0 Å². The van der Waals surface area contributed by atoms with Gasteiger partial charge in [-0.3, -0.25) is 9.78 Å². The minimum atomic E-state index is -1.09. The monoisotopic (exact) mass is 336 g/mol. The molecule has 0 unspecified atom stereocenters. The van der Waals surface area contributed by atoms with Gasteiger partial charge in [0.15, 0.2) is 0 Å². The quantitative estimate of drug-likeness (QED) is 0.714. The van der Waals surface area contributed by atoms with Crippen molar-refractivity contribution in [2.45, 2.75) is 12.5 Å². The van der Waals surface area contributed by atoms with Gasteiger partial charge in [-0.1, -0.05) is 6.07 Å². The Kier molecular flexibility index (Phi) is 4.84. The number of nitrogens with one attached hydrogen (secondary N) is 1. The molecule has 2 aromatic heterocycles. The summed E-state index contributed by atoms with van der Waals surface area (Å²) < 4.78 is 1.63. The first-order valence-electron chi connectivity index (χ1n) is 7.66. The van der Waals surface area contributed by atoms with Gasteiger partial charge in [0.2, 0.25) is 0 Å². The topological polar surface area (TPSA) is 97.1 Å². The number of carbonyl (C=O) groups is 2. The highest BCUT2D eigenvalue weighted by molar-refractivity contribution is 5.97. The van der Waals surface area contributed by atoms with Crippen molar-refractivity contribution in [1.82, 2.24) is 20.1 Å². The van der Waals surface area contributed by atoms with E-state index in [2.05, 4.69) is 15.4 Å². The summed E-state index contributed by atoms with van der Waals surface area (Å²) >= 11 is 0. The Morgan fingerprint density at radius 1 is 1.12 bits per heavy atom. The maximum Gasteiger partial charge on any atom is 0.326 e. The Morgan fingerprint density at radius 2 is 1.92 bits per heavy atom. The standard InChI is InChI=1S/C18H16N4O3/c23-17(14-3-1-4-15(12-14)22-10-2-7-20-22)21-16(18(24)25)11-13-5-8-19-9-6-13/h1-10,12,16H,11H2,(H,21,23)(H,24,25)/t16-/m0/s1. The Balaban J connectivity index is 1.75. The third kappa shape index (κ3) is 4.08. The summed E-state index contributed by atoms with van der Waals surface area (Å²) in [5, 5.41) is 16.1. The summed E-state index contributed by atoms with van der Waals surface area (Å²) in [6.45, 7) is 0. The molecule has 0 fully saturated rings. The van der Waals surface area contributed by atoms with Gasteiger partial charge in [0.25, 0.3) is 5.91 Å². The lowest BCUT2D eigenvalue weighted by Gasteiger charge is -2.15. The van der Waals surface area contributed by atoms with Gasteiger partial charge in [-0.2, -0.15) is 5.10 Å². The van der Waals surface area contributed by atoms with E-state index in [1.54, 1.807) is 65.9 Å². The highest BCUT2D eigenvalue weighted by Gasteiger charge is 2.21. The molecule has 0 saturated carbocycles. The average Bonchev–Trinajstić information content (AvgIpc) is 3.17. The number of aromatic nitrogens is 3. The van der Waals surface area contributed by atoms with Gasteiger partial charge in [-0.25, -0.2) is 9.48 Å². The number of benzene rings is 1. The SMILES string of the molecule is O=C(N[C@@H](Cc1ccncc1)C(=O)O)c1cccc(-n2cccn2)c1. The molecule has 3 aromatic rings. The number of carbonyl (C=O) groups excluding carboxylic acids is 1. The van der Waals surface area contributed by atoms with Crippen molar-refractivity contribution in [3.8, 4) is 5.69 Å². The van der Waals surface area contributed by atoms with Gasteiger partial charge in [0, 0.05) is 36.8 Å². The molecule has 0 aliphatic heterocycles. The van der Waals surface area contributed by atoms with Crippen molar-refractivity contribution in [2.24, 2.45) is 0 Å². The molecule has 0 aliphatic carbocycles. The van der Waals surface area contributed by atoms with E-state index in [1.165, 1.54) is 0 Å². The van der Waals surface area contributed by atoms with Gasteiger partial charge in [-0.15, -0.1) is 0 Å². The Bertz CT molecular complexity index is 863. The van der Waals surface area contributed by atoms with Crippen LogP contribution in [0.5, 0.6) is 0 Å². The lowest BCUT2D eigenvalue weighted by atomic mass is 10.1. The minimum absolute atomic E-state index is 0.183. The van der Waals surface area contributed by atoms with E-state index in [0.29, 0.717) is 5.56 Å². The fourth-order valence-corrected chi connectivity index (χ4v) is 2.41. The Morgan fingerprint density at radius 3 is 2.60 bits per heavy atom. The van der Waals surface area contributed by atoms with E-state index in [4.69, 9.17) is 0 Å². The molecule has 25 heavy (non-hydrogen) atoms. The third-order valence-electron chi connectivity index (χ3n) is 3.67. The van der Waals surface area contributed by atoms with Gasteiger partial charge in [-0.05, 0) is 42.0 Å². The third-order valence-corrected chi connectivity index (χ3v) is 3.67. The molecule has 1 aromatic carbocycles. The van der Waals surface area contributed by atoms with Crippen LogP contribution in [0.2, 0.25) is 0 Å². The number of carboxylic acids is 1. The lowest BCUT2D eigenvalue weighted by Crippen LogP contribution is -2.42. The second-order valence-electron chi connectivity index (χ2n) is 5.42. The van der Waals surface area contributed by atoms with Crippen LogP contribution in [0.1, 0.15) is 15.9 Å². The van der Waals surface area contributed by atoms with E-state index in [1.807, 2.05) is 6.07 Å². The zero-order valence-electron chi connectivity index (χ0n) is 13.2. The van der Waals surface area contributed by atoms with E-state index in [-0.39, 0.29) is 6.42 Å². The average molecular weight is 336 g/mol. The molecule has 7 heteroatoms. The molecule has 0 bridgehead atoms. The summed E-state index contributed by atoms with van der Waals surface area (Å²) in [7, 11) is 0. The molecule has 7 nitrogen and oxygen atoms in total. The molecule has 3 rings (SSSR count). The van der Waals surface area contributed by atoms with E-state index in [0.717, 1.165) is 11.3 Å². The molecule has 1 atom stereocenters. The fraction of sp³-hybridized carbons (Fsp3) is 0.111. The van der Waals surface area contributed by atoms with Crippen LogP contribution < -0.4 is 5.32 Å². The summed E-state index contributed by atoms with van der Waals surface area (Å²) in [4.78, 5) is 27.8. The molecule has 0 aliphatic rings.